The molecular weight excluding hydrogens is 512 g/mol. The van der Waals surface area contributed by atoms with Gasteiger partial charge in [0.2, 0.25) is 0 Å². The molecule has 0 saturated heterocycles. The van der Waals surface area contributed by atoms with Crippen LogP contribution in [0.3, 0.4) is 0 Å². The summed E-state index contributed by atoms with van der Waals surface area (Å²) in [6.07, 6.45) is 13.2. The van der Waals surface area contributed by atoms with Crippen LogP contribution in [-0.4, -0.2) is 31.2 Å². The van der Waals surface area contributed by atoms with Gasteiger partial charge in [0.1, 0.15) is 15.7 Å². The summed E-state index contributed by atoms with van der Waals surface area (Å²) in [5.41, 5.74) is 0.792. The van der Waals surface area contributed by atoms with Crippen LogP contribution in [0.2, 0.25) is 0 Å². The number of ketones is 1. The smallest absolute Gasteiger partial charge is 0.194 e. The Morgan fingerprint density at radius 3 is 2.53 bits per heavy atom. The van der Waals surface area contributed by atoms with Crippen molar-refractivity contribution in [3.05, 3.63) is 17.5 Å². The van der Waals surface area contributed by atoms with E-state index in [0.29, 0.717) is 39.2 Å². The van der Waals surface area contributed by atoms with Crippen molar-refractivity contribution in [2.75, 3.05) is 5.75 Å². The molecule has 4 aliphatic rings. The van der Waals surface area contributed by atoms with Crippen molar-refractivity contribution in [2.45, 2.75) is 115 Å². The molecule has 4 aliphatic carbocycles. The van der Waals surface area contributed by atoms with Gasteiger partial charge in [0.25, 0.3) is 0 Å². The number of aliphatic hydroxyl groups is 1. The van der Waals surface area contributed by atoms with Crippen molar-refractivity contribution in [2.24, 2.45) is 52.3 Å². The van der Waals surface area contributed by atoms with E-state index in [9.17, 15) is 18.3 Å². The second-order valence-corrected chi connectivity index (χ2v) is 17.3. The first kappa shape index (κ1) is 28.8. The van der Waals surface area contributed by atoms with Crippen molar-refractivity contribution >= 4 is 27.0 Å². The molecule has 1 aromatic heterocycles. The average molecular weight is 563 g/mol. The Morgan fingerprint density at radius 1 is 1.08 bits per heavy atom. The number of thiophene rings is 1. The predicted molar refractivity (Wildman–Crippen MR) is 155 cm³/mol. The molecule has 10 atom stereocenters. The van der Waals surface area contributed by atoms with Gasteiger partial charge in [-0.3, -0.25) is 4.79 Å². The lowest BCUT2D eigenvalue weighted by molar-refractivity contribution is -0.152. The van der Waals surface area contributed by atoms with Crippen LogP contribution in [0.1, 0.15) is 105 Å². The van der Waals surface area contributed by atoms with Gasteiger partial charge in [-0.25, -0.2) is 8.42 Å². The Bertz CT molecular complexity index is 1080. The van der Waals surface area contributed by atoms with Gasteiger partial charge in [-0.1, -0.05) is 46.6 Å². The van der Waals surface area contributed by atoms with E-state index in [4.69, 9.17) is 0 Å². The third kappa shape index (κ3) is 5.09. The van der Waals surface area contributed by atoms with Gasteiger partial charge in [0.05, 0.1) is 6.10 Å². The molecule has 1 heterocycles. The van der Waals surface area contributed by atoms with E-state index in [-0.39, 0.29) is 17.6 Å². The number of sulfone groups is 1. The first-order valence-electron chi connectivity index (χ1n) is 15.5. The van der Waals surface area contributed by atoms with Crippen molar-refractivity contribution in [3.63, 3.8) is 0 Å². The van der Waals surface area contributed by atoms with Gasteiger partial charge in [-0.15, -0.1) is 11.3 Å². The summed E-state index contributed by atoms with van der Waals surface area (Å²) in [5.74, 6) is 4.68. The molecule has 214 valence electrons. The molecule has 0 radical (unpaired) electrons. The van der Waals surface area contributed by atoms with Crippen LogP contribution in [0.4, 0.5) is 0 Å². The van der Waals surface area contributed by atoms with Crippen molar-refractivity contribution in [1.29, 1.82) is 0 Å². The molecule has 38 heavy (non-hydrogen) atoms. The molecule has 0 unspecified atom stereocenters. The highest BCUT2D eigenvalue weighted by atomic mass is 32.2. The Labute approximate surface area is 235 Å². The molecule has 0 spiro atoms. The van der Waals surface area contributed by atoms with Crippen LogP contribution in [-0.2, 0) is 14.6 Å². The Kier molecular flexibility index (Phi) is 8.28. The first-order valence-corrected chi connectivity index (χ1v) is 18.0. The number of fused-ring (bicyclic) bond motifs is 5. The highest BCUT2D eigenvalue weighted by Gasteiger charge is 2.62. The van der Waals surface area contributed by atoms with Gasteiger partial charge in [-0.2, -0.15) is 0 Å². The Morgan fingerprint density at radius 2 is 1.82 bits per heavy atom. The summed E-state index contributed by atoms with van der Waals surface area (Å²) in [6, 6.07) is 3.31. The lowest BCUT2D eigenvalue weighted by Crippen LogP contribution is -2.56. The van der Waals surface area contributed by atoms with E-state index in [1.54, 1.807) is 17.5 Å². The first-order chi connectivity index (χ1) is 18.0. The molecule has 5 rings (SSSR count). The van der Waals surface area contributed by atoms with E-state index in [1.165, 1.54) is 56.3 Å². The van der Waals surface area contributed by atoms with Crippen LogP contribution < -0.4 is 0 Å². The maximum absolute atomic E-state index is 12.5. The van der Waals surface area contributed by atoms with Crippen LogP contribution in [0, 0.1) is 52.3 Å². The van der Waals surface area contributed by atoms with E-state index in [1.807, 2.05) is 0 Å². The van der Waals surface area contributed by atoms with Crippen LogP contribution in [0.15, 0.2) is 21.7 Å². The third-order valence-electron chi connectivity index (χ3n) is 12.4. The molecule has 4 saturated carbocycles. The molecular formula is C32H50O4S2. The number of hydrogen-bond acceptors (Lipinski definition) is 5. The maximum atomic E-state index is 12.5. The fraction of sp³-hybridized carbons (Fsp3) is 0.844. The zero-order valence-electron chi connectivity index (χ0n) is 24.0. The van der Waals surface area contributed by atoms with Crippen molar-refractivity contribution in [3.8, 4) is 0 Å². The second kappa shape index (κ2) is 10.9. The minimum Gasteiger partial charge on any atom is -0.393 e. The normalized spacial score (nSPS) is 41.7. The van der Waals surface area contributed by atoms with E-state index in [2.05, 4.69) is 27.7 Å². The number of carbonyl (C=O) groups is 1. The standard InChI is InChI=1S/C32H50O4S2/c1-5-22-18-25-27-12-11-26(21(2)8-6-9-24(34)20-38(35,36)30-10-7-17-37-30)31(27,3)16-14-28(25)32(4)15-13-23(33)19-29(22)32/h7,10,17,21-23,25-29,33H,5-6,8-9,11-16,18-20H2,1-4H3/t21-,22+,23-,25+,26-,27+,28+,29+,31-,32-/m1/s1. The number of hydrogen-bond donors (Lipinski definition) is 1. The highest BCUT2D eigenvalue weighted by Crippen LogP contribution is 2.69. The van der Waals surface area contributed by atoms with Crippen LogP contribution >= 0.6 is 11.3 Å². The molecule has 0 amide bonds. The lowest BCUT2D eigenvalue weighted by Gasteiger charge is -2.63. The molecule has 0 aliphatic heterocycles. The minimum atomic E-state index is -3.49. The van der Waals surface area contributed by atoms with Crippen molar-refractivity contribution < 1.29 is 18.3 Å². The second-order valence-electron chi connectivity index (χ2n) is 14.1. The summed E-state index contributed by atoms with van der Waals surface area (Å²) in [6.45, 7) is 9.96. The topological polar surface area (TPSA) is 71.4 Å². The molecule has 1 N–H and O–H groups in total. The van der Waals surface area contributed by atoms with Crippen LogP contribution in [0.5, 0.6) is 0 Å². The molecule has 0 aromatic carbocycles. The van der Waals surface area contributed by atoms with Gasteiger partial charge in [0, 0.05) is 6.42 Å². The summed E-state index contributed by atoms with van der Waals surface area (Å²) >= 11 is 1.19. The number of rotatable bonds is 9. The van der Waals surface area contributed by atoms with Crippen LogP contribution in [0.25, 0.3) is 0 Å². The maximum Gasteiger partial charge on any atom is 0.194 e. The van der Waals surface area contributed by atoms with E-state index in [0.717, 1.165) is 49.4 Å². The minimum absolute atomic E-state index is 0.0908. The lowest BCUT2D eigenvalue weighted by atomic mass is 9.42. The zero-order valence-corrected chi connectivity index (χ0v) is 25.7. The largest absolute Gasteiger partial charge is 0.393 e. The summed E-state index contributed by atoms with van der Waals surface area (Å²) in [4.78, 5) is 12.5. The highest BCUT2D eigenvalue weighted by molar-refractivity contribution is 7.94. The quantitative estimate of drug-likeness (QED) is 0.337. The average Bonchev–Trinajstić information content (AvgIpc) is 3.52. The molecule has 1 aromatic rings. The summed E-state index contributed by atoms with van der Waals surface area (Å²) < 4.78 is 25.3. The number of aliphatic hydroxyl groups excluding tert-OH is 1. The molecule has 0 bridgehead atoms. The number of carbonyl (C=O) groups excluding carboxylic acids is 1. The Balaban J connectivity index is 1.20. The monoisotopic (exact) mass is 562 g/mol. The van der Waals surface area contributed by atoms with Gasteiger partial charge in [-0.05, 0) is 121 Å². The summed E-state index contributed by atoms with van der Waals surface area (Å²) in [7, 11) is -3.49. The molecule has 4 fully saturated rings. The van der Waals surface area contributed by atoms with E-state index < -0.39 is 9.84 Å². The van der Waals surface area contributed by atoms with Gasteiger partial charge < -0.3 is 5.11 Å². The van der Waals surface area contributed by atoms with Gasteiger partial charge >= 0.3 is 0 Å². The molecule has 6 heteroatoms. The zero-order chi connectivity index (χ0) is 27.3. The predicted octanol–water partition coefficient (Wildman–Crippen LogP) is 7.55. The van der Waals surface area contributed by atoms with E-state index >= 15 is 0 Å². The number of Topliss-reactive ketones (excluding diaryl/α,β-unsaturated/α-hetero) is 1. The molecule has 4 nitrogen and oxygen atoms in total. The SMILES string of the molecule is CC[C@H]1C[C@@H]2[C@H](CC[C@]3(C)[C@@H]([C@H](C)CCCC(=O)CS(=O)(=O)c4cccs4)CC[C@@H]23)[C@@]2(C)CC[C@@H](O)C[C@@H]12. The van der Waals surface area contributed by atoms with Gasteiger partial charge in [0.15, 0.2) is 9.84 Å². The fourth-order valence-corrected chi connectivity index (χ4v) is 12.9. The fourth-order valence-electron chi connectivity index (χ4n) is 10.5. The third-order valence-corrected chi connectivity index (χ3v) is 15.5. The summed E-state index contributed by atoms with van der Waals surface area (Å²) in [5, 5.41) is 12.3. The van der Waals surface area contributed by atoms with Crippen molar-refractivity contribution in [1.82, 2.24) is 0 Å². The Hall–Kier alpha value is -0.720.